The maximum Gasteiger partial charge on any atom is 0.125 e. The Labute approximate surface area is 248 Å². The Bertz CT molecular complexity index is 1020. The second-order valence-corrected chi connectivity index (χ2v) is 16.3. The molecule has 1 aromatic rings. The third-order valence-corrected chi connectivity index (χ3v) is 12.5. The zero-order valence-corrected chi connectivity index (χ0v) is 26.9. The van der Waals surface area contributed by atoms with Crippen molar-refractivity contribution >= 4 is 24.8 Å². The maximum atomic E-state index is 5.29. The Hall–Kier alpha value is -0.480. The van der Waals surface area contributed by atoms with Gasteiger partial charge in [-0.15, -0.1) is 6.58 Å². The van der Waals surface area contributed by atoms with E-state index in [0.717, 1.165) is 45.8 Å². The standard InChI is InChI=1S/C24H40S.C9H16N2S.CH4.H2/c1-5-18-7-9-21-20-8-6-19-15-17(14-16(2)25)10-12-24(19,4)22(20)11-13-23(18,21)3;1-6-7(2)10-11(8(6)12)9(3,4)5;;/h5,16-22,25H,1,6-15H2,2-4H3;10H,1-5H3;1H4;1H. The van der Waals surface area contributed by atoms with Crippen molar-refractivity contribution in [1.82, 2.24) is 9.78 Å². The van der Waals surface area contributed by atoms with E-state index in [1.54, 1.807) is 0 Å². The minimum atomic E-state index is 0. The molecule has 0 aliphatic heterocycles. The van der Waals surface area contributed by atoms with E-state index < -0.39 is 0 Å². The lowest BCUT2D eigenvalue weighted by Crippen LogP contribution is -2.53. The number of allylic oxidation sites excluding steroid dienone is 1. The number of aromatic nitrogens is 2. The second kappa shape index (κ2) is 11.8. The van der Waals surface area contributed by atoms with Crippen LogP contribution in [0.25, 0.3) is 0 Å². The van der Waals surface area contributed by atoms with Gasteiger partial charge in [0.2, 0.25) is 0 Å². The minimum absolute atomic E-state index is 0. The number of nitrogens with zero attached hydrogens (tertiary/aromatic N) is 1. The third kappa shape index (κ3) is 5.79. The first kappa shape index (κ1) is 32.0. The molecule has 1 aromatic heterocycles. The van der Waals surface area contributed by atoms with Gasteiger partial charge in [0, 0.05) is 12.7 Å². The van der Waals surface area contributed by atoms with E-state index in [1.807, 2.05) is 11.6 Å². The summed E-state index contributed by atoms with van der Waals surface area (Å²) < 4.78 is 2.95. The van der Waals surface area contributed by atoms with E-state index in [4.69, 9.17) is 12.2 Å². The van der Waals surface area contributed by atoms with Gasteiger partial charge >= 0.3 is 0 Å². The Morgan fingerprint density at radius 3 is 2.24 bits per heavy atom. The lowest BCUT2D eigenvalue weighted by atomic mass is 9.44. The van der Waals surface area contributed by atoms with Crippen molar-refractivity contribution < 1.29 is 1.43 Å². The van der Waals surface area contributed by atoms with Gasteiger partial charge in [0.05, 0.1) is 5.54 Å². The van der Waals surface area contributed by atoms with Crippen LogP contribution < -0.4 is 0 Å². The fraction of sp³-hybridized carbons (Fsp3) is 0.853. The smallest absolute Gasteiger partial charge is 0.125 e. The van der Waals surface area contributed by atoms with E-state index in [2.05, 4.69) is 78.8 Å². The Morgan fingerprint density at radius 1 is 1.08 bits per heavy atom. The molecule has 4 saturated carbocycles. The highest BCUT2D eigenvalue weighted by Gasteiger charge is 2.59. The molecule has 4 aliphatic rings. The van der Waals surface area contributed by atoms with Crippen LogP contribution in [0.2, 0.25) is 0 Å². The molecule has 9 atom stereocenters. The molecule has 0 radical (unpaired) electrons. The summed E-state index contributed by atoms with van der Waals surface area (Å²) in [4.78, 5) is 0. The lowest BCUT2D eigenvalue weighted by molar-refractivity contribution is -0.115. The Balaban J connectivity index is 0.000000326. The molecule has 2 nitrogen and oxygen atoms in total. The van der Waals surface area contributed by atoms with Crippen LogP contribution in [0.1, 0.15) is 126 Å². The van der Waals surface area contributed by atoms with E-state index in [0.29, 0.717) is 16.1 Å². The molecule has 0 aromatic carbocycles. The fourth-order valence-corrected chi connectivity index (χ4v) is 10.3. The zero-order valence-electron chi connectivity index (χ0n) is 25.2. The van der Waals surface area contributed by atoms with Gasteiger partial charge in [-0.1, -0.05) is 46.5 Å². The largest absolute Gasteiger partial charge is 0.301 e. The van der Waals surface area contributed by atoms with Gasteiger partial charge in [0.1, 0.15) is 4.64 Å². The molecule has 4 fully saturated rings. The molecule has 0 spiro atoms. The molecule has 0 amide bonds. The monoisotopic (exact) mass is 562 g/mol. The molecule has 9 unspecified atom stereocenters. The van der Waals surface area contributed by atoms with Crippen molar-refractivity contribution in [2.75, 3.05) is 0 Å². The normalized spacial score (nSPS) is 39.0. The van der Waals surface area contributed by atoms with Crippen LogP contribution in [0, 0.1) is 64.8 Å². The van der Waals surface area contributed by atoms with Crippen LogP contribution >= 0.6 is 24.8 Å². The van der Waals surface area contributed by atoms with E-state index in [-0.39, 0.29) is 14.4 Å². The molecule has 4 heteroatoms. The first-order valence-electron chi connectivity index (χ1n) is 15.3. The lowest BCUT2D eigenvalue weighted by Gasteiger charge is -2.61. The number of nitrogens with one attached hydrogen (secondary N) is 1. The summed E-state index contributed by atoms with van der Waals surface area (Å²) in [6.45, 7) is 22.3. The van der Waals surface area contributed by atoms with Crippen molar-refractivity contribution in [3.63, 3.8) is 0 Å². The number of rotatable bonds is 3. The molecule has 0 saturated heterocycles. The summed E-state index contributed by atoms with van der Waals surface area (Å²) in [6.07, 6.45) is 17.0. The van der Waals surface area contributed by atoms with Gasteiger partial charge in [-0.3, -0.25) is 4.68 Å². The summed E-state index contributed by atoms with van der Waals surface area (Å²) in [5, 5.41) is 3.84. The second-order valence-electron chi connectivity index (χ2n) is 15.0. The highest BCUT2D eigenvalue weighted by Crippen LogP contribution is 2.68. The van der Waals surface area contributed by atoms with Gasteiger partial charge in [-0.05, 0) is 150 Å². The van der Waals surface area contributed by atoms with Crippen LogP contribution in [-0.4, -0.2) is 15.0 Å². The van der Waals surface area contributed by atoms with Gasteiger partial charge in [0.15, 0.2) is 0 Å². The summed E-state index contributed by atoms with van der Waals surface area (Å²) in [5.74, 6) is 5.76. The summed E-state index contributed by atoms with van der Waals surface area (Å²) in [6, 6.07) is 0. The molecule has 220 valence electrons. The summed E-state index contributed by atoms with van der Waals surface area (Å²) >= 11 is 9.98. The van der Waals surface area contributed by atoms with Crippen LogP contribution in [-0.2, 0) is 5.54 Å². The Morgan fingerprint density at radius 2 is 1.71 bits per heavy atom. The van der Waals surface area contributed by atoms with Gasteiger partial charge in [0.25, 0.3) is 0 Å². The average molecular weight is 563 g/mol. The number of aromatic amines is 1. The molecule has 0 bridgehead atoms. The first-order chi connectivity index (χ1) is 17.2. The van der Waals surface area contributed by atoms with Gasteiger partial charge < -0.3 is 5.10 Å². The topological polar surface area (TPSA) is 20.7 Å². The van der Waals surface area contributed by atoms with Crippen molar-refractivity contribution in [1.29, 1.82) is 0 Å². The van der Waals surface area contributed by atoms with Crippen LogP contribution in [0.4, 0.5) is 0 Å². The fourth-order valence-electron chi connectivity index (χ4n) is 9.57. The number of thiol groups is 1. The number of H-pyrrole nitrogens is 1. The third-order valence-electron chi connectivity index (χ3n) is 11.8. The molecule has 1 heterocycles. The molecule has 5 rings (SSSR count). The van der Waals surface area contributed by atoms with E-state index in [1.165, 1.54) is 69.8 Å². The van der Waals surface area contributed by atoms with Gasteiger partial charge in [-0.2, -0.15) is 12.6 Å². The predicted molar refractivity (Wildman–Crippen MR) is 175 cm³/mol. The van der Waals surface area contributed by atoms with Crippen LogP contribution in [0.5, 0.6) is 0 Å². The quantitative estimate of drug-likeness (QED) is 0.213. The van der Waals surface area contributed by atoms with Crippen molar-refractivity contribution in [3.8, 4) is 0 Å². The average Bonchev–Trinajstić information content (AvgIpc) is 3.30. The van der Waals surface area contributed by atoms with Crippen LogP contribution in [0.3, 0.4) is 0 Å². The number of hydrogen-bond donors (Lipinski definition) is 2. The first-order valence-corrected chi connectivity index (χ1v) is 16.2. The molecular weight excluding hydrogens is 501 g/mol. The highest BCUT2D eigenvalue weighted by molar-refractivity contribution is 7.80. The van der Waals surface area contributed by atoms with Crippen molar-refractivity contribution in [2.24, 2.45) is 46.3 Å². The highest BCUT2D eigenvalue weighted by atomic mass is 32.1. The van der Waals surface area contributed by atoms with Gasteiger partial charge in [-0.25, -0.2) is 0 Å². The van der Waals surface area contributed by atoms with E-state index >= 15 is 0 Å². The van der Waals surface area contributed by atoms with E-state index in [9.17, 15) is 0 Å². The SMILES string of the molecule is C.C=CC1CCC2C3CCC4CC(CC(C)S)CCC4(C)C3CCC12C.Cc1[nH]n(C(C)(C)C)c(=S)c1C.[HH]. The molecule has 4 aliphatic carbocycles. The number of fused-ring (bicyclic) bond motifs is 5. The Kier molecular flexibility index (Phi) is 9.94. The zero-order chi connectivity index (χ0) is 27.3. The summed E-state index contributed by atoms with van der Waals surface area (Å²) in [5.41, 5.74) is 3.61. The van der Waals surface area contributed by atoms with Crippen molar-refractivity contribution in [3.05, 3.63) is 28.6 Å². The summed E-state index contributed by atoms with van der Waals surface area (Å²) in [7, 11) is 0. The molecule has 1 N–H and O–H groups in total. The predicted octanol–water partition coefficient (Wildman–Crippen LogP) is 11.0. The number of aryl methyl sites for hydroxylation is 1. The van der Waals surface area contributed by atoms with Crippen LogP contribution in [0.15, 0.2) is 12.7 Å². The maximum absolute atomic E-state index is 5.29. The van der Waals surface area contributed by atoms with Crippen molar-refractivity contribution in [2.45, 2.75) is 138 Å². The number of hydrogen-bond acceptors (Lipinski definition) is 2. The minimum Gasteiger partial charge on any atom is -0.301 e. The molecule has 38 heavy (non-hydrogen) atoms. The molecular formula is C34H62N2S2.